The van der Waals surface area contributed by atoms with E-state index >= 15 is 0 Å². The highest BCUT2D eigenvalue weighted by Gasteiger charge is 2.34. The molecule has 1 amide bonds. The lowest BCUT2D eigenvalue weighted by Gasteiger charge is -2.27. The third-order valence-electron chi connectivity index (χ3n) is 4.01. The van der Waals surface area contributed by atoms with Crippen molar-refractivity contribution in [2.75, 3.05) is 6.54 Å². The first kappa shape index (κ1) is 17.4. The Morgan fingerprint density at radius 1 is 1.36 bits per heavy atom. The van der Waals surface area contributed by atoms with E-state index in [9.17, 15) is 13.6 Å². The van der Waals surface area contributed by atoms with Gasteiger partial charge in [-0.25, -0.2) is 18.6 Å². The molecule has 25 heavy (non-hydrogen) atoms. The summed E-state index contributed by atoms with van der Waals surface area (Å²) in [5, 5.41) is 0. The van der Waals surface area contributed by atoms with Crippen LogP contribution in [0, 0.1) is 11.6 Å². The van der Waals surface area contributed by atoms with Gasteiger partial charge in [0.15, 0.2) is 0 Å². The molecule has 1 aromatic carbocycles. The van der Waals surface area contributed by atoms with E-state index in [0.717, 1.165) is 18.9 Å². The third kappa shape index (κ3) is 3.81. The second kappa shape index (κ2) is 6.46. The van der Waals surface area contributed by atoms with Gasteiger partial charge in [0.1, 0.15) is 23.1 Å². The van der Waals surface area contributed by atoms with Gasteiger partial charge < -0.3 is 9.72 Å². The Morgan fingerprint density at radius 3 is 2.80 bits per heavy atom. The fraction of sp³-hybridized carbons (Fsp3) is 0.444. The molecule has 0 radical (unpaired) electrons. The van der Waals surface area contributed by atoms with Crippen LogP contribution in [0.1, 0.15) is 45.5 Å². The number of hydrogen-bond donors (Lipinski definition) is 1. The van der Waals surface area contributed by atoms with Gasteiger partial charge in [0.25, 0.3) is 0 Å². The maximum absolute atomic E-state index is 13.9. The van der Waals surface area contributed by atoms with Crippen molar-refractivity contribution in [1.82, 2.24) is 14.9 Å². The second-order valence-corrected chi connectivity index (χ2v) is 7.14. The van der Waals surface area contributed by atoms with Crippen molar-refractivity contribution in [1.29, 1.82) is 0 Å². The lowest BCUT2D eigenvalue weighted by atomic mass is 10.1. The summed E-state index contributed by atoms with van der Waals surface area (Å²) in [6.07, 6.45) is 2.70. The Labute approximate surface area is 145 Å². The highest BCUT2D eigenvalue weighted by atomic mass is 19.1. The second-order valence-electron chi connectivity index (χ2n) is 7.14. The van der Waals surface area contributed by atoms with Crippen LogP contribution in [0.25, 0.3) is 11.3 Å². The molecular formula is C18H21F2N3O2. The standard InChI is InChI=1S/C18H21F2N3O2/c1-18(2,3)25-17(24)23-8-4-5-15(23)16-21-10-14(22-16)12-7-6-11(19)9-13(12)20/h6-7,9-10,15H,4-5,8H2,1-3H3,(H,21,22)/t15-/m0/s1. The molecule has 0 unspecified atom stereocenters. The first-order valence-electron chi connectivity index (χ1n) is 8.24. The Hall–Kier alpha value is -2.44. The molecule has 134 valence electrons. The van der Waals surface area contributed by atoms with E-state index in [4.69, 9.17) is 4.74 Å². The lowest BCUT2D eigenvalue weighted by molar-refractivity contribution is 0.0218. The molecule has 1 atom stereocenters. The average Bonchev–Trinajstić information content (AvgIpc) is 3.14. The molecule has 5 nitrogen and oxygen atoms in total. The van der Waals surface area contributed by atoms with E-state index in [1.807, 2.05) is 20.8 Å². The van der Waals surface area contributed by atoms with Crippen LogP contribution in [-0.2, 0) is 4.74 Å². The van der Waals surface area contributed by atoms with Crippen LogP contribution >= 0.6 is 0 Å². The zero-order chi connectivity index (χ0) is 18.2. The Morgan fingerprint density at radius 2 is 2.12 bits per heavy atom. The number of nitrogens with zero attached hydrogens (tertiary/aromatic N) is 2. The summed E-state index contributed by atoms with van der Waals surface area (Å²) in [5.41, 5.74) is 0.112. The number of likely N-dealkylation sites (tertiary alicyclic amines) is 1. The topological polar surface area (TPSA) is 58.2 Å². The summed E-state index contributed by atoms with van der Waals surface area (Å²) in [6.45, 7) is 6.04. The van der Waals surface area contributed by atoms with Gasteiger partial charge in [0, 0.05) is 18.2 Å². The van der Waals surface area contributed by atoms with Crippen LogP contribution in [0.15, 0.2) is 24.4 Å². The first-order chi connectivity index (χ1) is 11.7. The molecule has 1 fully saturated rings. The SMILES string of the molecule is CC(C)(C)OC(=O)N1CCC[C@H]1c1ncc(-c2ccc(F)cc2F)[nH]1. The third-order valence-corrected chi connectivity index (χ3v) is 4.01. The quantitative estimate of drug-likeness (QED) is 0.873. The number of imidazole rings is 1. The zero-order valence-corrected chi connectivity index (χ0v) is 14.5. The van der Waals surface area contributed by atoms with E-state index in [1.165, 1.54) is 18.3 Å². The van der Waals surface area contributed by atoms with Crippen LogP contribution in [0.4, 0.5) is 13.6 Å². The number of hydrogen-bond acceptors (Lipinski definition) is 3. The van der Waals surface area contributed by atoms with Crippen molar-refractivity contribution < 1.29 is 18.3 Å². The first-order valence-corrected chi connectivity index (χ1v) is 8.24. The summed E-state index contributed by atoms with van der Waals surface area (Å²) in [5.74, 6) is -0.722. The van der Waals surface area contributed by atoms with E-state index in [2.05, 4.69) is 9.97 Å². The van der Waals surface area contributed by atoms with E-state index in [1.54, 1.807) is 4.90 Å². The number of benzene rings is 1. The number of carbonyl (C=O) groups excluding carboxylic acids is 1. The van der Waals surface area contributed by atoms with Gasteiger partial charge in [-0.3, -0.25) is 4.90 Å². The Bertz CT molecular complexity index is 783. The smallest absolute Gasteiger partial charge is 0.410 e. The summed E-state index contributed by atoms with van der Waals surface area (Å²) >= 11 is 0. The van der Waals surface area contributed by atoms with Crippen LogP contribution < -0.4 is 0 Å². The summed E-state index contributed by atoms with van der Waals surface area (Å²) in [7, 11) is 0. The van der Waals surface area contributed by atoms with Gasteiger partial charge in [-0.15, -0.1) is 0 Å². The molecular weight excluding hydrogens is 328 g/mol. The predicted molar refractivity (Wildman–Crippen MR) is 88.9 cm³/mol. The minimum Gasteiger partial charge on any atom is -0.444 e. The van der Waals surface area contributed by atoms with E-state index in [0.29, 0.717) is 18.1 Å². The zero-order valence-electron chi connectivity index (χ0n) is 14.5. The number of H-pyrrole nitrogens is 1. The van der Waals surface area contributed by atoms with Crippen LogP contribution in [0.5, 0.6) is 0 Å². The van der Waals surface area contributed by atoms with Crippen molar-refractivity contribution in [2.45, 2.75) is 45.3 Å². The molecule has 1 N–H and O–H groups in total. The molecule has 0 bridgehead atoms. The van der Waals surface area contributed by atoms with Gasteiger partial charge in [-0.05, 0) is 45.7 Å². The maximum Gasteiger partial charge on any atom is 0.410 e. The molecule has 1 aliphatic heterocycles. The van der Waals surface area contributed by atoms with Gasteiger partial charge in [0.2, 0.25) is 0 Å². The number of amides is 1. The van der Waals surface area contributed by atoms with Crippen LogP contribution in [-0.4, -0.2) is 33.1 Å². The normalized spacial score (nSPS) is 17.8. The van der Waals surface area contributed by atoms with Crippen molar-refractivity contribution in [3.63, 3.8) is 0 Å². The van der Waals surface area contributed by atoms with Gasteiger partial charge in [-0.2, -0.15) is 0 Å². The van der Waals surface area contributed by atoms with Crippen molar-refractivity contribution in [3.8, 4) is 11.3 Å². The molecule has 7 heteroatoms. The van der Waals surface area contributed by atoms with Gasteiger partial charge in [-0.1, -0.05) is 0 Å². The Balaban J connectivity index is 1.82. The summed E-state index contributed by atoms with van der Waals surface area (Å²) < 4.78 is 32.4. The minimum absolute atomic E-state index is 0.238. The highest BCUT2D eigenvalue weighted by molar-refractivity contribution is 5.69. The lowest BCUT2D eigenvalue weighted by Crippen LogP contribution is -2.36. The molecule has 2 aromatic rings. The number of aromatic amines is 1. The highest BCUT2D eigenvalue weighted by Crippen LogP contribution is 2.33. The molecule has 2 heterocycles. The van der Waals surface area contributed by atoms with E-state index < -0.39 is 17.2 Å². The van der Waals surface area contributed by atoms with Crippen LogP contribution in [0.2, 0.25) is 0 Å². The fourth-order valence-electron chi connectivity index (χ4n) is 2.94. The van der Waals surface area contributed by atoms with Crippen LogP contribution in [0.3, 0.4) is 0 Å². The number of rotatable bonds is 2. The molecule has 0 aliphatic carbocycles. The fourth-order valence-corrected chi connectivity index (χ4v) is 2.94. The van der Waals surface area contributed by atoms with Gasteiger partial charge >= 0.3 is 6.09 Å². The molecule has 0 spiro atoms. The molecule has 1 aliphatic rings. The largest absolute Gasteiger partial charge is 0.444 e. The molecule has 1 saturated heterocycles. The molecule has 0 saturated carbocycles. The van der Waals surface area contributed by atoms with Gasteiger partial charge in [0.05, 0.1) is 17.9 Å². The molecule has 1 aromatic heterocycles. The number of nitrogens with one attached hydrogen (secondary N) is 1. The summed E-state index contributed by atoms with van der Waals surface area (Å²) in [4.78, 5) is 21.4. The van der Waals surface area contributed by atoms with Crippen molar-refractivity contribution >= 4 is 6.09 Å². The Kier molecular flexibility index (Phi) is 4.49. The predicted octanol–water partition coefficient (Wildman–Crippen LogP) is 4.43. The number of aromatic nitrogens is 2. The number of carbonyl (C=O) groups is 1. The number of halogens is 2. The monoisotopic (exact) mass is 349 g/mol. The molecule has 3 rings (SSSR count). The van der Waals surface area contributed by atoms with Crippen molar-refractivity contribution in [2.24, 2.45) is 0 Å². The van der Waals surface area contributed by atoms with Crippen molar-refractivity contribution in [3.05, 3.63) is 41.9 Å². The number of ether oxygens (including phenoxy) is 1. The van der Waals surface area contributed by atoms with E-state index in [-0.39, 0.29) is 17.7 Å². The summed E-state index contributed by atoms with van der Waals surface area (Å²) in [6, 6.07) is 3.15. The minimum atomic E-state index is -0.661. The maximum atomic E-state index is 13.9. The average molecular weight is 349 g/mol.